The quantitative estimate of drug-likeness (QED) is 0.112. The summed E-state index contributed by atoms with van der Waals surface area (Å²) in [7, 11) is -9.70. The lowest BCUT2D eigenvalue weighted by molar-refractivity contribution is 0.122. The van der Waals surface area contributed by atoms with Crippen molar-refractivity contribution in [3.8, 4) is 22.8 Å². The second-order valence-electron chi connectivity index (χ2n) is 13.5. The van der Waals surface area contributed by atoms with Crippen LogP contribution in [0.4, 0.5) is 23.3 Å². The van der Waals surface area contributed by atoms with Crippen molar-refractivity contribution in [2.45, 2.75) is 9.79 Å². The third kappa shape index (κ3) is 9.71. The van der Waals surface area contributed by atoms with Gasteiger partial charge in [-0.1, -0.05) is 72.8 Å². The van der Waals surface area contributed by atoms with Crippen LogP contribution in [0.5, 0.6) is 0 Å². The molecule has 2 fully saturated rings. The summed E-state index contributed by atoms with van der Waals surface area (Å²) >= 11 is 0. The second-order valence-corrected chi connectivity index (χ2v) is 16.3. The molecule has 0 spiro atoms. The van der Waals surface area contributed by atoms with Crippen molar-refractivity contribution < 1.29 is 35.4 Å². The van der Waals surface area contributed by atoms with E-state index in [0.717, 1.165) is 0 Å². The molecule has 20 heteroatoms. The molecule has 4 aromatic carbocycles. The topological polar surface area (TPSA) is 242 Å². The lowest BCUT2D eigenvalue weighted by Gasteiger charge is -2.27. The maximum absolute atomic E-state index is 12.8. The third-order valence-electron chi connectivity index (χ3n) is 9.44. The number of para-hydroxylation sites is 2. The molecule has 2 aliphatic rings. The molecule has 0 bridgehead atoms. The van der Waals surface area contributed by atoms with E-state index in [2.05, 4.69) is 39.9 Å². The molecule has 0 unspecified atom stereocenters. The van der Waals surface area contributed by atoms with Crippen molar-refractivity contribution in [2.24, 2.45) is 9.98 Å². The molecule has 2 saturated heterocycles. The molecular formula is C40H38N10O8S2. The highest BCUT2D eigenvalue weighted by molar-refractivity contribution is 7.86. The molecule has 6 aromatic rings. The van der Waals surface area contributed by atoms with Crippen molar-refractivity contribution in [1.82, 2.24) is 29.9 Å². The van der Waals surface area contributed by atoms with Crippen LogP contribution in [0.25, 0.3) is 34.9 Å². The van der Waals surface area contributed by atoms with Crippen molar-refractivity contribution in [1.29, 1.82) is 0 Å². The zero-order chi connectivity index (χ0) is 41.7. The van der Waals surface area contributed by atoms with Gasteiger partial charge in [-0.15, -0.1) is 0 Å². The molecule has 2 aromatic heterocycles. The molecule has 0 atom stereocenters. The summed E-state index contributed by atoms with van der Waals surface area (Å²) in [5.74, 6) is 1.14. The highest BCUT2D eigenvalue weighted by Crippen LogP contribution is 2.29. The Balaban J connectivity index is 1.17. The molecule has 0 amide bonds. The number of aromatic amines is 2. The van der Waals surface area contributed by atoms with Gasteiger partial charge in [-0.3, -0.25) is 19.1 Å². The number of ether oxygens (including phenoxy) is 2. The lowest BCUT2D eigenvalue weighted by atomic mass is 10.1. The maximum Gasteiger partial charge on any atom is 0.295 e. The minimum atomic E-state index is -4.85. The van der Waals surface area contributed by atoms with Crippen LogP contribution in [0.2, 0.25) is 0 Å². The highest BCUT2D eigenvalue weighted by Gasteiger charge is 2.22. The Morgan fingerprint density at radius 3 is 1.30 bits per heavy atom. The van der Waals surface area contributed by atoms with Gasteiger partial charge in [-0.05, 0) is 47.5 Å². The molecule has 0 aliphatic carbocycles. The maximum atomic E-state index is 12.8. The summed E-state index contributed by atoms with van der Waals surface area (Å²) in [5, 5.41) is 0. The largest absolute Gasteiger partial charge is 0.378 e. The first kappa shape index (κ1) is 40.4. The number of nitrogens with zero attached hydrogens (tertiary/aromatic N) is 8. The predicted molar refractivity (Wildman–Crippen MR) is 222 cm³/mol. The fourth-order valence-electron chi connectivity index (χ4n) is 6.48. The minimum Gasteiger partial charge on any atom is -0.378 e. The zero-order valence-electron chi connectivity index (χ0n) is 31.8. The number of H-pyrrole nitrogens is 2. The van der Waals surface area contributed by atoms with E-state index in [-0.39, 0.29) is 45.1 Å². The molecular weight excluding hydrogens is 813 g/mol. The highest BCUT2D eigenvalue weighted by atomic mass is 32.2. The fraction of sp³-hybridized carbons (Fsp3) is 0.200. The van der Waals surface area contributed by atoms with Crippen LogP contribution < -0.4 is 21.0 Å². The van der Waals surface area contributed by atoms with Crippen LogP contribution in [-0.2, 0) is 29.7 Å². The molecule has 8 rings (SSSR count). The fourth-order valence-corrected chi connectivity index (χ4v) is 7.89. The standard InChI is InChI=1S/C40H38N10O8S2/c51-59(52,53)33-25-29(35-43-37(41-31-7-3-1-4-8-31)47-39(45-35)49-17-21-57-22-18-49)15-13-27(33)11-12-28-14-16-30(26-34(28)60(54,55)56)36-44-38(42-32-9-5-2-6-10-32)48-40(46-36)50-19-23-58-24-20-50/h1-16,25-26H,17-24H2,(H,51,52,53)(H,54,55,56)(H,41,43,45,47)(H,42,44,46,48)/b12-11+. The van der Waals surface area contributed by atoms with E-state index < -0.39 is 30.0 Å². The van der Waals surface area contributed by atoms with Crippen molar-refractivity contribution in [3.05, 3.63) is 119 Å². The van der Waals surface area contributed by atoms with E-state index in [4.69, 9.17) is 9.47 Å². The Kier molecular flexibility index (Phi) is 11.7. The molecule has 4 heterocycles. The van der Waals surface area contributed by atoms with E-state index >= 15 is 0 Å². The van der Waals surface area contributed by atoms with E-state index in [1.54, 1.807) is 36.4 Å². The molecule has 0 radical (unpaired) electrons. The summed E-state index contributed by atoms with van der Waals surface area (Å²) in [6.07, 6.45) is 2.62. The average molecular weight is 851 g/mol. The molecule has 18 nitrogen and oxygen atoms in total. The van der Waals surface area contributed by atoms with Crippen LogP contribution >= 0.6 is 0 Å². The van der Waals surface area contributed by atoms with Gasteiger partial charge in [0.05, 0.1) is 37.8 Å². The molecule has 4 N–H and O–H groups in total. The SMILES string of the molecule is O=S(=O)(O)c1cc(-c2nc(N3CCOCC3)[nH]c(=Nc3ccccc3)n2)ccc1/C=C/c1ccc(-c2nc(N3CCOCC3)[nH]c(=Nc3ccccc3)n2)cc1S(=O)(=O)O. The summed E-state index contributed by atoms with van der Waals surface area (Å²) in [4.78, 5) is 36.9. The van der Waals surface area contributed by atoms with E-state index in [9.17, 15) is 25.9 Å². The van der Waals surface area contributed by atoms with Crippen LogP contribution in [0.3, 0.4) is 0 Å². The van der Waals surface area contributed by atoms with Crippen LogP contribution in [0.1, 0.15) is 11.1 Å². The summed E-state index contributed by atoms with van der Waals surface area (Å²) in [6, 6.07) is 26.7. The average Bonchev–Trinajstić information content (AvgIpc) is 3.26. The van der Waals surface area contributed by atoms with E-state index in [1.165, 1.54) is 36.4 Å². The molecule has 0 saturated carbocycles. The van der Waals surface area contributed by atoms with Gasteiger partial charge in [0.1, 0.15) is 9.79 Å². The number of nitrogens with one attached hydrogen (secondary N) is 2. The van der Waals surface area contributed by atoms with Gasteiger partial charge in [-0.25, -0.2) is 9.98 Å². The number of rotatable bonds is 10. The lowest BCUT2D eigenvalue weighted by Crippen LogP contribution is -2.38. The van der Waals surface area contributed by atoms with Gasteiger partial charge in [-0.2, -0.15) is 36.8 Å². The van der Waals surface area contributed by atoms with Gasteiger partial charge in [0.25, 0.3) is 20.2 Å². The minimum absolute atomic E-state index is 0.0148. The van der Waals surface area contributed by atoms with Gasteiger partial charge < -0.3 is 19.3 Å². The van der Waals surface area contributed by atoms with Crippen molar-refractivity contribution >= 4 is 55.7 Å². The van der Waals surface area contributed by atoms with Crippen LogP contribution in [0.15, 0.2) is 117 Å². The number of morpholine rings is 2. The normalized spacial score (nSPS) is 15.8. The number of anilines is 2. The molecule has 60 heavy (non-hydrogen) atoms. The third-order valence-corrected chi connectivity index (χ3v) is 11.3. The number of benzene rings is 4. The Labute approximate surface area is 344 Å². The van der Waals surface area contributed by atoms with Gasteiger partial charge in [0.2, 0.25) is 23.1 Å². The Hall–Kier alpha value is -6.42. The number of hydrogen-bond donors (Lipinski definition) is 4. The van der Waals surface area contributed by atoms with E-state index in [0.29, 0.717) is 75.9 Å². The van der Waals surface area contributed by atoms with Crippen molar-refractivity contribution in [2.75, 3.05) is 62.4 Å². The molecule has 308 valence electrons. The number of aromatic nitrogens is 6. The molecule has 2 aliphatic heterocycles. The first-order chi connectivity index (χ1) is 29.0. The Morgan fingerprint density at radius 1 is 0.550 bits per heavy atom. The van der Waals surface area contributed by atoms with Gasteiger partial charge >= 0.3 is 0 Å². The van der Waals surface area contributed by atoms with Gasteiger partial charge in [0, 0.05) is 37.3 Å². The first-order valence-corrected chi connectivity index (χ1v) is 21.6. The second kappa shape index (κ2) is 17.4. The Bertz CT molecular complexity index is 2720. The van der Waals surface area contributed by atoms with Crippen LogP contribution in [0, 0.1) is 0 Å². The van der Waals surface area contributed by atoms with E-state index in [1.807, 2.05) is 46.2 Å². The van der Waals surface area contributed by atoms with Crippen molar-refractivity contribution in [3.63, 3.8) is 0 Å². The summed E-state index contributed by atoms with van der Waals surface area (Å²) in [5.41, 5.74) is 2.21. The smallest absolute Gasteiger partial charge is 0.295 e. The summed E-state index contributed by atoms with van der Waals surface area (Å²) in [6.45, 7) is 4.10. The Morgan fingerprint density at radius 2 is 0.933 bits per heavy atom. The predicted octanol–water partition coefficient (Wildman–Crippen LogP) is 4.06. The first-order valence-electron chi connectivity index (χ1n) is 18.7. The van der Waals surface area contributed by atoms with Crippen LogP contribution in [-0.4, -0.2) is 108 Å². The monoisotopic (exact) mass is 850 g/mol. The summed E-state index contributed by atoms with van der Waals surface area (Å²) < 4.78 is 83.2. The zero-order valence-corrected chi connectivity index (χ0v) is 33.4. The van der Waals surface area contributed by atoms with Gasteiger partial charge in [0.15, 0.2) is 11.6 Å². The number of hydrogen-bond acceptors (Lipinski definition) is 14.